The molecule has 0 aromatic heterocycles. The summed E-state index contributed by atoms with van der Waals surface area (Å²) in [6, 6.07) is 14.9. The molecule has 0 radical (unpaired) electrons. The zero-order chi connectivity index (χ0) is 16.9. The third-order valence-corrected chi connectivity index (χ3v) is 4.38. The van der Waals surface area contributed by atoms with Crippen LogP contribution >= 0.6 is 23.2 Å². The van der Waals surface area contributed by atoms with Crippen molar-refractivity contribution in [2.45, 2.75) is 12.6 Å². The van der Waals surface area contributed by atoms with E-state index in [1.165, 1.54) is 0 Å². The van der Waals surface area contributed by atoms with Gasteiger partial charge in [-0.2, -0.15) is 0 Å². The van der Waals surface area contributed by atoms with Crippen LogP contribution in [0.25, 0.3) is 0 Å². The number of hydrogen-bond donors (Lipinski definition) is 1. The van der Waals surface area contributed by atoms with E-state index in [9.17, 15) is 4.79 Å². The Kier molecular flexibility index (Phi) is 5.61. The van der Waals surface area contributed by atoms with Crippen molar-refractivity contribution < 1.29 is 9.53 Å². The molecule has 2 aromatic rings. The molecule has 1 aliphatic heterocycles. The molecule has 4 nitrogen and oxygen atoms in total. The van der Waals surface area contributed by atoms with Crippen molar-refractivity contribution >= 4 is 29.2 Å². The summed E-state index contributed by atoms with van der Waals surface area (Å²) in [4.78, 5) is 14.2. The van der Waals surface area contributed by atoms with Crippen LogP contribution in [0.15, 0.2) is 48.5 Å². The molecule has 0 spiro atoms. The third kappa shape index (κ3) is 4.41. The minimum atomic E-state index is -0.158. The highest BCUT2D eigenvalue weighted by Gasteiger charge is 2.25. The third-order valence-electron chi connectivity index (χ3n) is 3.91. The van der Waals surface area contributed by atoms with E-state index in [0.717, 1.165) is 11.1 Å². The van der Waals surface area contributed by atoms with Gasteiger partial charge >= 0.3 is 6.03 Å². The normalized spacial score (nSPS) is 17.6. The van der Waals surface area contributed by atoms with E-state index < -0.39 is 0 Å². The van der Waals surface area contributed by atoms with Crippen LogP contribution in [0.3, 0.4) is 0 Å². The Balaban J connectivity index is 1.59. The highest BCUT2D eigenvalue weighted by Crippen LogP contribution is 2.24. The van der Waals surface area contributed by atoms with Crippen LogP contribution in [0.5, 0.6) is 0 Å². The molecular formula is C18H18Cl2N2O2. The van der Waals surface area contributed by atoms with Crippen molar-refractivity contribution in [3.63, 3.8) is 0 Å². The van der Waals surface area contributed by atoms with Gasteiger partial charge in [-0.3, -0.25) is 0 Å². The van der Waals surface area contributed by atoms with Gasteiger partial charge in [0.05, 0.1) is 13.2 Å². The van der Waals surface area contributed by atoms with Crippen LogP contribution in [0, 0.1) is 0 Å². The van der Waals surface area contributed by atoms with Crippen molar-refractivity contribution in [2.75, 3.05) is 19.7 Å². The second-order valence-electron chi connectivity index (χ2n) is 5.65. The second-order valence-corrected chi connectivity index (χ2v) is 6.52. The van der Waals surface area contributed by atoms with Crippen LogP contribution in [0.4, 0.5) is 4.79 Å². The highest BCUT2D eigenvalue weighted by atomic mass is 35.5. The molecule has 3 rings (SSSR count). The van der Waals surface area contributed by atoms with Crippen molar-refractivity contribution in [2.24, 2.45) is 0 Å². The molecular weight excluding hydrogens is 347 g/mol. The molecule has 1 heterocycles. The SMILES string of the molecule is O=C(NCc1cccc(Cl)c1)N1CCOC(c2cccc(Cl)c2)C1. The number of rotatable bonds is 3. The number of urea groups is 1. The lowest BCUT2D eigenvalue weighted by atomic mass is 10.1. The summed E-state index contributed by atoms with van der Waals surface area (Å²) in [5.41, 5.74) is 1.95. The topological polar surface area (TPSA) is 41.6 Å². The number of nitrogens with one attached hydrogen (secondary N) is 1. The number of ether oxygens (including phenoxy) is 1. The summed E-state index contributed by atoms with van der Waals surface area (Å²) < 4.78 is 5.78. The maximum Gasteiger partial charge on any atom is 0.317 e. The van der Waals surface area contributed by atoms with Gasteiger partial charge in [0.1, 0.15) is 6.10 Å². The predicted octanol–water partition coefficient (Wildman–Crippen LogP) is 4.28. The molecule has 2 aromatic carbocycles. The van der Waals surface area contributed by atoms with E-state index in [1.807, 2.05) is 48.5 Å². The number of benzene rings is 2. The van der Waals surface area contributed by atoms with Crippen LogP contribution in [-0.4, -0.2) is 30.6 Å². The number of amides is 2. The lowest BCUT2D eigenvalue weighted by Crippen LogP contribution is -2.46. The number of nitrogens with zero attached hydrogens (tertiary/aromatic N) is 1. The lowest BCUT2D eigenvalue weighted by molar-refractivity contribution is -0.0154. The van der Waals surface area contributed by atoms with Crippen molar-refractivity contribution in [3.8, 4) is 0 Å². The first-order valence-electron chi connectivity index (χ1n) is 7.76. The summed E-state index contributed by atoms with van der Waals surface area (Å²) in [7, 11) is 0. The molecule has 2 amide bonds. The second kappa shape index (κ2) is 7.88. The van der Waals surface area contributed by atoms with Gasteiger partial charge < -0.3 is 15.0 Å². The van der Waals surface area contributed by atoms with E-state index in [2.05, 4.69) is 5.32 Å². The predicted molar refractivity (Wildman–Crippen MR) is 95.4 cm³/mol. The average Bonchev–Trinajstić information content (AvgIpc) is 2.60. The Hall–Kier alpha value is -1.75. The van der Waals surface area contributed by atoms with Crippen LogP contribution in [0.1, 0.15) is 17.2 Å². The number of halogens is 2. The average molecular weight is 365 g/mol. The smallest absolute Gasteiger partial charge is 0.317 e. The first-order valence-corrected chi connectivity index (χ1v) is 8.52. The van der Waals surface area contributed by atoms with Gasteiger partial charge in [-0.15, -0.1) is 0 Å². The Morgan fingerprint density at radius 3 is 2.67 bits per heavy atom. The maximum absolute atomic E-state index is 12.4. The van der Waals surface area contributed by atoms with Crippen molar-refractivity contribution in [1.29, 1.82) is 0 Å². The quantitative estimate of drug-likeness (QED) is 0.882. The van der Waals surface area contributed by atoms with Gasteiger partial charge in [-0.05, 0) is 35.4 Å². The monoisotopic (exact) mass is 364 g/mol. The number of morpholine rings is 1. The van der Waals surface area contributed by atoms with E-state index >= 15 is 0 Å². The van der Waals surface area contributed by atoms with Gasteiger partial charge in [0.15, 0.2) is 0 Å². The fourth-order valence-corrected chi connectivity index (χ4v) is 3.09. The maximum atomic E-state index is 12.4. The van der Waals surface area contributed by atoms with Gasteiger partial charge in [-0.25, -0.2) is 4.79 Å². The van der Waals surface area contributed by atoms with E-state index in [4.69, 9.17) is 27.9 Å². The molecule has 1 unspecified atom stereocenters. The molecule has 24 heavy (non-hydrogen) atoms. The molecule has 1 aliphatic rings. The van der Waals surface area contributed by atoms with Gasteiger partial charge in [0.25, 0.3) is 0 Å². The Bertz CT molecular complexity index is 724. The van der Waals surface area contributed by atoms with Crippen molar-refractivity contribution in [3.05, 3.63) is 69.7 Å². The standard InChI is InChI=1S/C18H18Cl2N2O2/c19-15-5-1-3-13(9-15)11-21-18(23)22-7-8-24-17(12-22)14-4-2-6-16(20)10-14/h1-6,9-10,17H,7-8,11-12H2,(H,21,23). The number of carbonyl (C=O) groups excluding carboxylic acids is 1. The summed E-state index contributed by atoms with van der Waals surface area (Å²) in [6.07, 6.45) is -0.158. The molecule has 0 aliphatic carbocycles. The van der Waals surface area contributed by atoms with Gasteiger partial charge in [0.2, 0.25) is 0 Å². The Labute approximate surface area is 151 Å². The number of carbonyl (C=O) groups is 1. The van der Waals surface area contributed by atoms with Gasteiger partial charge in [0, 0.05) is 23.1 Å². The zero-order valence-electron chi connectivity index (χ0n) is 13.0. The summed E-state index contributed by atoms with van der Waals surface area (Å²) in [5.74, 6) is 0. The molecule has 1 N–H and O–H groups in total. The largest absolute Gasteiger partial charge is 0.370 e. The van der Waals surface area contributed by atoms with E-state index in [-0.39, 0.29) is 12.1 Å². The van der Waals surface area contributed by atoms with E-state index in [1.54, 1.807) is 4.90 Å². The lowest BCUT2D eigenvalue weighted by Gasteiger charge is -2.33. The molecule has 1 atom stereocenters. The summed E-state index contributed by atoms with van der Waals surface area (Å²) in [5, 5.41) is 4.25. The first-order chi connectivity index (χ1) is 11.6. The Morgan fingerprint density at radius 1 is 1.17 bits per heavy atom. The minimum Gasteiger partial charge on any atom is -0.370 e. The molecule has 1 saturated heterocycles. The zero-order valence-corrected chi connectivity index (χ0v) is 14.6. The molecule has 126 valence electrons. The van der Waals surface area contributed by atoms with Crippen LogP contribution in [-0.2, 0) is 11.3 Å². The fraction of sp³-hybridized carbons (Fsp3) is 0.278. The molecule has 0 saturated carbocycles. The molecule has 6 heteroatoms. The number of hydrogen-bond acceptors (Lipinski definition) is 2. The van der Waals surface area contributed by atoms with Gasteiger partial charge in [-0.1, -0.05) is 47.5 Å². The molecule has 0 bridgehead atoms. The minimum absolute atomic E-state index is 0.106. The fourth-order valence-electron chi connectivity index (χ4n) is 2.68. The summed E-state index contributed by atoms with van der Waals surface area (Å²) >= 11 is 12.0. The van der Waals surface area contributed by atoms with Crippen LogP contribution < -0.4 is 5.32 Å². The van der Waals surface area contributed by atoms with E-state index in [0.29, 0.717) is 36.3 Å². The summed E-state index contributed by atoms with van der Waals surface area (Å²) in [6.45, 7) is 2.01. The van der Waals surface area contributed by atoms with Crippen LogP contribution in [0.2, 0.25) is 10.0 Å². The molecule has 1 fully saturated rings. The highest BCUT2D eigenvalue weighted by molar-refractivity contribution is 6.30. The van der Waals surface area contributed by atoms with Crippen molar-refractivity contribution in [1.82, 2.24) is 10.2 Å². The Morgan fingerprint density at radius 2 is 1.92 bits per heavy atom. The first kappa shape index (κ1) is 17.1.